The van der Waals surface area contributed by atoms with Crippen molar-refractivity contribution >= 4 is 23.4 Å². The topological polar surface area (TPSA) is 55.1 Å². The highest BCUT2D eigenvalue weighted by atomic mass is 32.2. The van der Waals surface area contributed by atoms with Crippen LogP contribution in [0.2, 0.25) is 0 Å². The van der Waals surface area contributed by atoms with E-state index in [1.54, 1.807) is 0 Å². The van der Waals surface area contributed by atoms with Crippen LogP contribution in [-0.2, 0) is 4.79 Å². The number of benzene rings is 1. The molecule has 1 aromatic carbocycles. The van der Waals surface area contributed by atoms with Crippen molar-refractivity contribution in [3.63, 3.8) is 0 Å². The van der Waals surface area contributed by atoms with Gasteiger partial charge in [-0.25, -0.2) is 0 Å². The third kappa shape index (κ3) is 5.88. The molecule has 0 fully saturated rings. The number of thioether (sulfide) groups is 1. The number of anilines is 1. The molecule has 0 radical (unpaired) electrons. The van der Waals surface area contributed by atoms with Gasteiger partial charge in [0.2, 0.25) is 5.91 Å². The molecular formula is C15H21F3N2OS. The summed E-state index contributed by atoms with van der Waals surface area (Å²) in [7, 11) is 0. The summed E-state index contributed by atoms with van der Waals surface area (Å²) in [4.78, 5) is 12.1. The second-order valence-corrected chi connectivity index (χ2v) is 6.53. The van der Waals surface area contributed by atoms with Crippen molar-refractivity contribution in [3.8, 4) is 0 Å². The molecule has 3 nitrogen and oxygen atoms in total. The highest BCUT2D eigenvalue weighted by molar-refractivity contribution is 8.00. The summed E-state index contributed by atoms with van der Waals surface area (Å²) in [5.74, 6) is -0.478. The fourth-order valence-electron chi connectivity index (χ4n) is 1.99. The van der Waals surface area contributed by atoms with Gasteiger partial charge in [0.25, 0.3) is 0 Å². The van der Waals surface area contributed by atoms with E-state index >= 15 is 0 Å². The Morgan fingerprint density at radius 3 is 2.55 bits per heavy atom. The van der Waals surface area contributed by atoms with E-state index < -0.39 is 17.5 Å². The maximum atomic E-state index is 12.1. The molecule has 0 heterocycles. The second kappa shape index (κ2) is 7.87. The predicted molar refractivity (Wildman–Crippen MR) is 85.0 cm³/mol. The van der Waals surface area contributed by atoms with Crippen LogP contribution in [0.3, 0.4) is 0 Å². The second-order valence-electron chi connectivity index (χ2n) is 5.37. The number of hydrogen-bond donors (Lipinski definition) is 2. The number of para-hydroxylation sites is 1. The molecule has 0 aliphatic rings. The number of aryl methyl sites for hydroxylation is 1. The predicted octanol–water partition coefficient (Wildman–Crippen LogP) is 4.03. The molecule has 0 aliphatic carbocycles. The third-order valence-electron chi connectivity index (χ3n) is 3.21. The Morgan fingerprint density at radius 2 is 2.00 bits per heavy atom. The molecule has 0 saturated carbocycles. The molecule has 124 valence electrons. The first-order valence-electron chi connectivity index (χ1n) is 6.98. The average Bonchev–Trinajstić information content (AvgIpc) is 2.38. The molecule has 7 heteroatoms. The van der Waals surface area contributed by atoms with Crippen LogP contribution in [0.25, 0.3) is 0 Å². The van der Waals surface area contributed by atoms with Gasteiger partial charge in [-0.1, -0.05) is 43.8 Å². The zero-order chi connectivity index (χ0) is 16.9. The SMILES string of the molecule is Cc1cccc(C(C)C)c1NC(=O)C(N)CCSC(F)(F)F. The van der Waals surface area contributed by atoms with Crippen LogP contribution in [0.4, 0.5) is 18.9 Å². The molecular weight excluding hydrogens is 313 g/mol. The Labute approximate surface area is 132 Å². The van der Waals surface area contributed by atoms with E-state index in [1.165, 1.54) is 0 Å². The fourth-order valence-corrected chi connectivity index (χ4v) is 2.59. The lowest BCUT2D eigenvalue weighted by Gasteiger charge is -2.18. The largest absolute Gasteiger partial charge is 0.441 e. The van der Waals surface area contributed by atoms with Crippen LogP contribution in [0.5, 0.6) is 0 Å². The van der Waals surface area contributed by atoms with E-state index in [0.29, 0.717) is 5.69 Å². The number of carbonyl (C=O) groups is 1. The number of nitrogens with one attached hydrogen (secondary N) is 1. The lowest BCUT2D eigenvalue weighted by molar-refractivity contribution is -0.117. The summed E-state index contributed by atoms with van der Waals surface area (Å²) < 4.78 is 36.2. The molecule has 1 unspecified atom stereocenters. The van der Waals surface area contributed by atoms with Crippen LogP contribution >= 0.6 is 11.8 Å². The van der Waals surface area contributed by atoms with Crippen molar-refractivity contribution in [1.29, 1.82) is 0 Å². The van der Waals surface area contributed by atoms with Crippen LogP contribution in [0.1, 0.15) is 37.3 Å². The first kappa shape index (κ1) is 18.8. The van der Waals surface area contributed by atoms with Gasteiger partial charge in [-0.3, -0.25) is 4.79 Å². The Hall–Kier alpha value is -1.21. The molecule has 0 bridgehead atoms. The van der Waals surface area contributed by atoms with Crippen LogP contribution in [0, 0.1) is 6.92 Å². The van der Waals surface area contributed by atoms with Gasteiger partial charge < -0.3 is 11.1 Å². The first-order valence-corrected chi connectivity index (χ1v) is 7.97. The van der Waals surface area contributed by atoms with Gasteiger partial charge in [0.05, 0.1) is 6.04 Å². The summed E-state index contributed by atoms with van der Waals surface area (Å²) in [6.07, 6.45) is -0.0289. The Morgan fingerprint density at radius 1 is 1.36 bits per heavy atom. The lowest BCUT2D eigenvalue weighted by Crippen LogP contribution is -2.36. The molecule has 0 aliphatic heterocycles. The summed E-state index contributed by atoms with van der Waals surface area (Å²) in [5, 5.41) is 2.75. The van der Waals surface area contributed by atoms with Crippen molar-refractivity contribution in [3.05, 3.63) is 29.3 Å². The standard InChI is InChI=1S/C15H21F3N2OS/c1-9(2)11-6-4-5-10(3)13(11)20-14(21)12(19)7-8-22-15(16,17)18/h4-6,9,12H,7-8,19H2,1-3H3,(H,20,21). The number of rotatable bonds is 6. The number of nitrogens with two attached hydrogens (primary N) is 1. The molecule has 1 aromatic rings. The van der Waals surface area contributed by atoms with Crippen molar-refractivity contribution in [2.75, 3.05) is 11.1 Å². The summed E-state index contributed by atoms with van der Waals surface area (Å²) in [6, 6.07) is 4.72. The van der Waals surface area contributed by atoms with Crippen LogP contribution < -0.4 is 11.1 Å². The van der Waals surface area contributed by atoms with Crippen molar-refractivity contribution < 1.29 is 18.0 Å². The van der Waals surface area contributed by atoms with Gasteiger partial charge in [0.1, 0.15) is 0 Å². The smallest absolute Gasteiger partial charge is 0.324 e. The van der Waals surface area contributed by atoms with Gasteiger partial charge in [0, 0.05) is 11.4 Å². The normalized spacial score (nSPS) is 13.3. The van der Waals surface area contributed by atoms with Crippen molar-refractivity contribution in [2.45, 2.75) is 44.7 Å². The van der Waals surface area contributed by atoms with E-state index in [4.69, 9.17) is 5.73 Å². The number of halogens is 3. The Balaban J connectivity index is 2.69. The maximum Gasteiger partial charge on any atom is 0.441 e. The minimum absolute atomic E-state index is 0.0289. The maximum absolute atomic E-state index is 12.1. The molecule has 22 heavy (non-hydrogen) atoms. The minimum Gasteiger partial charge on any atom is -0.324 e. The molecule has 0 spiro atoms. The van der Waals surface area contributed by atoms with Crippen molar-refractivity contribution in [2.24, 2.45) is 5.73 Å². The Kier molecular flexibility index (Phi) is 6.74. The van der Waals surface area contributed by atoms with Gasteiger partial charge in [-0.15, -0.1) is 0 Å². The van der Waals surface area contributed by atoms with E-state index in [-0.39, 0.29) is 29.9 Å². The minimum atomic E-state index is -4.29. The number of carbonyl (C=O) groups excluding carboxylic acids is 1. The van der Waals surface area contributed by atoms with Gasteiger partial charge in [-0.2, -0.15) is 13.2 Å². The highest BCUT2D eigenvalue weighted by Gasteiger charge is 2.28. The van der Waals surface area contributed by atoms with E-state index in [9.17, 15) is 18.0 Å². The summed E-state index contributed by atoms with van der Waals surface area (Å²) in [5.41, 5.74) is 3.96. The zero-order valence-corrected chi connectivity index (χ0v) is 13.6. The first-order chi connectivity index (χ1) is 10.1. The zero-order valence-electron chi connectivity index (χ0n) is 12.8. The van der Waals surface area contributed by atoms with Crippen LogP contribution in [-0.4, -0.2) is 23.2 Å². The lowest BCUT2D eigenvalue weighted by atomic mass is 9.98. The Bertz CT molecular complexity index is 518. The van der Waals surface area contributed by atoms with Crippen molar-refractivity contribution in [1.82, 2.24) is 0 Å². The number of amides is 1. The van der Waals surface area contributed by atoms with Crippen LogP contribution in [0.15, 0.2) is 18.2 Å². The third-order valence-corrected chi connectivity index (χ3v) is 3.97. The van der Waals surface area contributed by atoms with E-state index in [0.717, 1.165) is 11.1 Å². The quantitative estimate of drug-likeness (QED) is 0.826. The molecule has 0 saturated heterocycles. The monoisotopic (exact) mass is 334 g/mol. The molecule has 1 amide bonds. The van der Waals surface area contributed by atoms with Gasteiger partial charge in [0.15, 0.2) is 0 Å². The average molecular weight is 334 g/mol. The molecule has 3 N–H and O–H groups in total. The van der Waals surface area contributed by atoms with E-state index in [2.05, 4.69) is 5.32 Å². The number of hydrogen-bond acceptors (Lipinski definition) is 3. The molecule has 0 aromatic heterocycles. The van der Waals surface area contributed by atoms with Gasteiger partial charge in [-0.05, 0) is 30.4 Å². The highest BCUT2D eigenvalue weighted by Crippen LogP contribution is 2.31. The van der Waals surface area contributed by atoms with Gasteiger partial charge >= 0.3 is 5.51 Å². The fraction of sp³-hybridized carbons (Fsp3) is 0.533. The summed E-state index contributed by atoms with van der Waals surface area (Å²) >= 11 is -0.163. The summed E-state index contributed by atoms with van der Waals surface area (Å²) in [6.45, 7) is 5.88. The number of alkyl halides is 3. The molecule has 1 rings (SSSR count). The van der Waals surface area contributed by atoms with E-state index in [1.807, 2.05) is 39.0 Å². The molecule has 1 atom stereocenters.